The smallest absolute Gasteiger partial charge is 0.323 e. The second-order valence-corrected chi connectivity index (χ2v) is 5.37. The lowest BCUT2D eigenvalue weighted by atomic mass is 9.86. The second-order valence-electron chi connectivity index (χ2n) is 4.94. The van der Waals surface area contributed by atoms with Crippen molar-refractivity contribution >= 4 is 17.6 Å². The van der Waals surface area contributed by atoms with Crippen LogP contribution in [-0.2, 0) is 11.2 Å². The number of rotatable bonds is 7. The molecule has 0 amide bonds. The van der Waals surface area contributed by atoms with E-state index < -0.39 is 11.4 Å². The topological polar surface area (TPSA) is 61.1 Å². The van der Waals surface area contributed by atoms with Crippen LogP contribution in [0.15, 0.2) is 24.3 Å². The lowest BCUT2D eigenvalue weighted by Gasteiger charge is -2.15. The minimum atomic E-state index is -1.25. The average Bonchev–Trinajstić information content (AvgIpc) is 2.40. The van der Waals surface area contributed by atoms with Crippen molar-refractivity contribution in [1.29, 1.82) is 5.26 Å². The van der Waals surface area contributed by atoms with Gasteiger partial charge in [0.05, 0.1) is 6.07 Å². The Morgan fingerprint density at radius 3 is 2.47 bits per heavy atom. The van der Waals surface area contributed by atoms with Crippen molar-refractivity contribution < 1.29 is 9.90 Å². The number of nitrogens with zero attached hydrogens (tertiary/aromatic N) is 1. The number of nitriles is 1. The molecule has 0 fully saturated rings. The number of carbonyl (C=O) groups is 1. The van der Waals surface area contributed by atoms with Gasteiger partial charge in [0.1, 0.15) is 0 Å². The Kier molecular flexibility index (Phi) is 5.85. The van der Waals surface area contributed by atoms with Gasteiger partial charge in [-0.3, -0.25) is 4.79 Å². The van der Waals surface area contributed by atoms with Crippen LogP contribution >= 0.6 is 11.6 Å². The zero-order valence-corrected chi connectivity index (χ0v) is 11.8. The summed E-state index contributed by atoms with van der Waals surface area (Å²) < 4.78 is 0. The van der Waals surface area contributed by atoms with Gasteiger partial charge < -0.3 is 5.11 Å². The number of benzene rings is 1. The third kappa shape index (κ3) is 4.92. The summed E-state index contributed by atoms with van der Waals surface area (Å²) in [5.74, 6) is -1.03. The van der Waals surface area contributed by atoms with Gasteiger partial charge in [-0.15, -0.1) is 0 Å². The van der Waals surface area contributed by atoms with Crippen LogP contribution in [0.5, 0.6) is 0 Å². The molecule has 1 rings (SSSR count). The Labute approximate surface area is 118 Å². The van der Waals surface area contributed by atoms with Crippen molar-refractivity contribution in [1.82, 2.24) is 0 Å². The Morgan fingerprint density at radius 1 is 1.32 bits per heavy atom. The van der Waals surface area contributed by atoms with E-state index in [-0.39, 0.29) is 0 Å². The summed E-state index contributed by atoms with van der Waals surface area (Å²) in [6.45, 7) is 1.48. The molecule has 0 radical (unpaired) electrons. The fourth-order valence-electron chi connectivity index (χ4n) is 1.85. The first-order chi connectivity index (χ1) is 8.98. The Hall–Kier alpha value is -1.53. The third-order valence-corrected chi connectivity index (χ3v) is 3.53. The Morgan fingerprint density at radius 2 is 1.95 bits per heavy atom. The Bertz CT molecular complexity index is 464. The van der Waals surface area contributed by atoms with E-state index >= 15 is 0 Å². The summed E-state index contributed by atoms with van der Waals surface area (Å²) in [5, 5.41) is 18.6. The number of carboxylic acids is 1. The predicted octanol–water partition coefficient (Wildman–Crippen LogP) is 4.06. The zero-order valence-electron chi connectivity index (χ0n) is 11.0. The predicted molar refractivity (Wildman–Crippen MR) is 75.0 cm³/mol. The number of halogens is 1. The van der Waals surface area contributed by atoms with Crippen LogP contribution in [0, 0.1) is 16.7 Å². The van der Waals surface area contributed by atoms with Crippen molar-refractivity contribution in [2.24, 2.45) is 5.41 Å². The quantitative estimate of drug-likeness (QED) is 0.766. The van der Waals surface area contributed by atoms with Gasteiger partial charge in [-0.05, 0) is 43.9 Å². The first kappa shape index (κ1) is 15.5. The van der Waals surface area contributed by atoms with Crippen molar-refractivity contribution in [3.8, 4) is 6.07 Å². The maximum Gasteiger partial charge on any atom is 0.323 e. The molecule has 0 aliphatic rings. The molecule has 0 bridgehead atoms. The lowest BCUT2D eigenvalue weighted by Crippen LogP contribution is -2.25. The summed E-state index contributed by atoms with van der Waals surface area (Å²) >= 11 is 5.81. The van der Waals surface area contributed by atoms with Gasteiger partial charge >= 0.3 is 5.97 Å². The van der Waals surface area contributed by atoms with Crippen LogP contribution < -0.4 is 0 Å². The molecule has 0 saturated heterocycles. The number of carboxylic acid groups (broad SMARTS) is 1. The molecule has 3 nitrogen and oxygen atoms in total. The fraction of sp³-hybridized carbons (Fsp3) is 0.467. The number of aryl methyl sites for hydroxylation is 1. The summed E-state index contributed by atoms with van der Waals surface area (Å²) in [4.78, 5) is 10.9. The van der Waals surface area contributed by atoms with Crippen LogP contribution in [0.1, 0.15) is 38.2 Å². The van der Waals surface area contributed by atoms with Crippen LogP contribution in [0.25, 0.3) is 0 Å². The summed E-state index contributed by atoms with van der Waals surface area (Å²) in [6.07, 6.45) is 4.02. The van der Waals surface area contributed by atoms with E-state index in [0.717, 1.165) is 30.7 Å². The summed E-state index contributed by atoms with van der Waals surface area (Å²) in [7, 11) is 0. The molecule has 1 atom stereocenters. The number of aliphatic carboxylic acids is 1. The number of unbranched alkanes of at least 4 members (excludes halogenated alkanes) is 2. The van der Waals surface area contributed by atoms with Crippen LogP contribution in [0.2, 0.25) is 5.02 Å². The van der Waals surface area contributed by atoms with E-state index in [1.165, 1.54) is 12.5 Å². The van der Waals surface area contributed by atoms with Gasteiger partial charge in [-0.25, -0.2) is 0 Å². The largest absolute Gasteiger partial charge is 0.480 e. The fourth-order valence-corrected chi connectivity index (χ4v) is 1.97. The third-order valence-electron chi connectivity index (χ3n) is 3.27. The maximum absolute atomic E-state index is 10.9. The normalized spacial score (nSPS) is 13.5. The molecule has 0 aromatic heterocycles. The van der Waals surface area contributed by atoms with Crippen LogP contribution in [-0.4, -0.2) is 11.1 Å². The lowest BCUT2D eigenvalue weighted by molar-refractivity contribution is -0.145. The van der Waals surface area contributed by atoms with E-state index in [0.29, 0.717) is 6.42 Å². The minimum absolute atomic E-state index is 0.402. The second kappa shape index (κ2) is 7.16. The van der Waals surface area contributed by atoms with E-state index in [1.807, 2.05) is 30.3 Å². The molecule has 19 heavy (non-hydrogen) atoms. The van der Waals surface area contributed by atoms with E-state index in [9.17, 15) is 4.79 Å². The highest BCUT2D eigenvalue weighted by Crippen LogP contribution is 2.24. The highest BCUT2D eigenvalue weighted by Gasteiger charge is 2.32. The summed E-state index contributed by atoms with van der Waals surface area (Å²) in [6, 6.07) is 9.61. The van der Waals surface area contributed by atoms with Crippen molar-refractivity contribution in [2.75, 3.05) is 0 Å². The number of hydrogen-bond donors (Lipinski definition) is 1. The molecule has 1 aromatic rings. The van der Waals surface area contributed by atoms with Gasteiger partial charge in [0.25, 0.3) is 0 Å². The molecule has 0 aliphatic heterocycles. The Balaban J connectivity index is 2.27. The van der Waals surface area contributed by atoms with Gasteiger partial charge in [0.2, 0.25) is 0 Å². The zero-order chi connectivity index (χ0) is 14.3. The monoisotopic (exact) mass is 279 g/mol. The molecule has 0 heterocycles. The molecule has 0 spiro atoms. The molecule has 102 valence electrons. The minimum Gasteiger partial charge on any atom is -0.480 e. The first-order valence-electron chi connectivity index (χ1n) is 6.37. The molecule has 1 aromatic carbocycles. The highest BCUT2D eigenvalue weighted by molar-refractivity contribution is 6.30. The molecule has 1 N–H and O–H groups in total. The summed E-state index contributed by atoms with van der Waals surface area (Å²) in [5.41, 5.74) is -0.0222. The van der Waals surface area contributed by atoms with Crippen LogP contribution in [0.4, 0.5) is 0 Å². The van der Waals surface area contributed by atoms with Crippen molar-refractivity contribution in [3.05, 3.63) is 34.9 Å². The van der Waals surface area contributed by atoms with E-state index in [4.69, 9.17) is 22.0 Å². The average molecular weight is 280 g/mol. The standard InChI is InChI=1S/C15H18ClNO2/c1-15(11-17,14(18)19)10-4-2-3-5-12-6-8-13(16)9-7-12/h6-9H,2-5,10H2,1H3,(H,18,19). The maximum atomic E-state index is 10.9. The van der Waals surface area contributed by atoms with Gasteiger partial charge in [0, 0.05) is 5.02 Å². The highest BCUT2D eigenvalue weighted by atomic mass is 35.5. The van der Waals surface area contributed by atoms with Crippen molar-refractivity contribution in [3.63, 3.8) is 0 Å². The molecule has 0 saturated carbocycles. The molecule has 0 aliphatic carbocycles. The molecular formula is C15H18ClNO2. The van der Waals surface area contributed by atoms with E-state index in [2.05, 4.69) is 0 Å². The van der Waals surface area contributed by atoms with Crippen LogP contribution in [0.3, 0.4) is 0 Å². The number of hydrogen-bond acceptors (Lipinski definition) is 2. The van der Waals surface area contributed by atoms with Crippen molar-refractivity contribution in [2.45, 2.75) is 39.0 Å². The van der Waals surface area contributed by atoms with Gasteiger partial charge in [-0.2, -0.15) is 5.26 Å². The van der Waals surface area contributed by atoms with E-state index in [1.54, 1.807) is 0 Å². The van der Waals surface area contributed by atoms with Gasteiger partial charge in [-0.1, -0.05) is 36.6 Å². The molecular weight excluding hydrogens is 262 g/mol. The molecule has 1 unspecified atom stereocenters. The first-order valence-corrected chi connectivity index (χ1v) is 6.75. The van der Waals surface area contributed by atoms with Gasteiger partial charge in [0.15, 0.2) is 5.41 Å². The SMILES string of the molecule is CC(C#N)(CCCCCc1ccc(Cl)cc1)C(=O)O. The molecule has 4 heteroatoms.